The van der Waals surface area contributed by atoms with Crippen molar-refractivity contribution in [3.8, 4) is 0 Å². The fourth-order valence-electron chi connectivity index (χ4n) is 2.54. The number of halogens is 3. The molecule has 1 fully saturated rings. The second-order valence-electron chi connectivity index (χ2n) is 5.21. The molecule has 0 unspecified atom stereocenters. The van der Waals surface area contributed by atoms with Crippen LogP contribution in [-0.4, -0.2) is 40.3 Å². The monoisotopic (exact) mass is 325 g/mol. The molecule has 9 heteroatoms. The number of alkyl halides is 3. The van der Waals surface area contributed by atoms with Gasteiger partial charge in [-0.15, -0.1) is 0 Å². The summed E-state index contributed by atoms with van der Waals surface area (Å²) >= 11 is 0. The molecule has 0 aliphatic carbocycles. The molecule has 1 aliphatic rings. The molecular weight excluding hydrogens is 311 g/mol. The number of pyridine rings is 1. The Kier molecular flexibility index (Phi) is 3.70. The number of amides is 1. The molecule has 0 N–H and O–H groups in total. The standard InChI is InChI=1S/C14H14F3N5O/c1-20-8-10(7-19-20)22-6-5-21(9-12(22)23)13-11(14(15,16)17)3-2-4-18-13/h2-4,7-8H,5-6,9H2,1H3. The Morgan fingerprint density at radius 3 is 2.65 bits per heavy atom. The molecule has 2 aromatic heterocycles. The highest BCUT2D eigenvalue weighted by molar-refractivity contribution is 5.97. The number of hydrogen-bond acceptors (Lipinski definition) is 4. The van der Waals surface area contributed by atoms with Crippen LogP contribution in [0.3, 0.4) is 0 Å². The molecule has 122 valence electrons. The fraction of sp³-hybridized carbons (Fsp3) is 0.357. The van der Waals surface area contributed by atoms with E-state index in [0.29, 0.717) is 5.69 Å². The molecular formula is C14H14F3N5O. The van der Waals surface area contributed by atoms with Gasteiger partial charge in [0.1, 0.15) is 5.82 Å². The average Bonchev–Trinajstić information content (AvgIpc) is 2.92. The summed E-state index contributed by atoms with van der Waals surface area (Å²) < 4.78 is 40.8. The zero-order chi connectivity index (χ0) is 16.6. The van der Waals surface area contributed by atoms with Gasteiger partial charge in [-0.05, 0) is 12.1 Å². The van der Waals surface area contributed by atoms with Gasteiger partial charge in [0.25, 0.3) is 0 Å². The number of aromatic nitrogens is 3. The fourth-order valence-corrected chi connectivity index (χ4v) is 2.54. The Balaban J connectivity index is 1.82. The Morgan fingerprint density at radius 1 is 1.26 bits per heavy atom. The Bertz CT molecular complexity index is 727. The zero-order valence-corrected chi connectivity index (χ0v) is 12.3. The molecule has 0 atom stereocenters. The molecule has 3 rings (SSSR count). The number of rotatable bonds is 2. The van der Waals surface area contributed by atoms with E-state index < -0.39 is 11.7 Å². The van der Waals surface area contributed by atoms with E-state index in [1.165, 1.54) is 22.1 Å². The SMILES string of the molecule is Cn1cc(N2CCN(c3ncccc3C(F)(F)F)CC2=O)cn1. The van der Waals surface area contributed by atoms with Gasteiger partial charge in [0.05, 0.1) is 24.0 Å². The molecule has 6 nitrogen and oxygen atoms in total. The van der Waals surface area contributed by atoms with E-state index in [2.05, 4.69) is 10.1 Å². The maximum Gasteiger partial charge on any atom is 0.419 e. The third-order valence-electron chi connectivity index (χ3n) is 3.62. The van der Waals surface area contributed by atoms with Crippen molar-refractivity contribution >= 4 is 17.4 Å². The number of nitrogens with zero attached hydrogens (tertiary/aromatic N) is 5. The summed E-state index contributed by atoms with van der Waals surface area (Å²) in [6.07, 6.45) is 0.0284. The lowest BCUT2D eigenvalue weighted by Crippen LogP contribution is -2.51. The van der Waals surface area contributed by atoms with Crippen molar-refractivity contribution < 1.29 is 18.0 Å². The summed E-state index contributed by atoms with van der Waals surface area (Å²) in [5, 5.41) is 4.00. The van der Waals surface area contributed by atoms with E-state index in [4.69, 9.17) is 0 Å². The van der Waals surface area contributed by atoms with E-state index in [1.807, 2.05) is 0 Å². The first kappa shape index (κ1) is 15.3. The molecule has 0 aromatic carbocycles. The first-order chi connectivity index (χ1) is 10.9. The minimum absolute atomic E-state index is 0.158. The van der Waals surface area contributed by atoms with Crippen LogP contribution in [0.1, 0.15) is 5.56 Å². The summed E-state index contributed by atoms with van der Waals surface area (Å²) in [6.45, 7) is 0.383. The van der Waals surface area contributed by atoms with Crippen LogP contribution in [0.4, 0.5) is 24.7 Å². The highest BCUT2D eigenvalue weighted by Crippen LogP contribution is 2.35. The minimum Gasteiger partial charge on any atom is -0.345 e. The van der Waals surface area contributed by atoms with Gasteiger partial charge >= 0.3 is 6.18 Å². The van der Waals surface area contributed by atoms with Crippen molar-refractivity contribution in [2.75, 3.05) is 29.4 Å². The summed E-state index contributed by atoms with van der Waals surface area (Å²) in [4.78, 5) is 19.0. The Labute approximate surface area is 130 Å². The topological polar surface area (TPSA) is 54.3 Å². The summed E-state index contributed by atoms with van der Waals surface area (Å²) in [6, 6.07) is 2.21. The molecule has 0 spiro atoms. The van der Waals surface area contributed by atoms with Crippen LogP contribution >= 0.6 is 0 Å². The van der Waals surface area contributed by atoms with Crippen molar-refractivity contribution in [1.82, 2.24) is 14.8 Å². The van der Waals surface area contributed by atoms with Gasteiger partial charge in [-0.2, -0.15) is 18.3 Å². The third kappa shape index (κ3) is 2.99. The van der Waals surface area contributed by atoms with Crippen LogP contribution < -0.4 is 9.80 Å². The lowest BCUT2D eigenvalue weighted by molar-refractivity contribution is -0.137. The third-order valence-corrected chi connectivity index (χ3v) is 3.62. The van der Waals surface area contributed by atoms with Crippen LogP contribution in [0.2, 0.25) is 0 Å². The van der Waals surface area contributed by atoms with Gasteiger partial charge < -0.3 is 9.80 Å². The summed E-state index contributed by atoms with van der Waals surface area (Å²) in [5.74, 6) is -0.498. The van der Waals surface area contributed by atoms with Crippen molar-refractivity contribution in [3.63, 3.8) is 0 Å². The van der Waals surface area contributed by atoms with Crippen molar-refractivity contribution in [2.24, 2.45) is 7.05 Å². The highest BCUT2D eigenvalue weighted by Gasteiger charge is 2.37. The smallest absolute Gasteiger partial charge is 0.345 e. The number of piperazine rings is 1. The zero-order valence-electron chi connectivity index (χ0n) is 12.3. The molecule has 1 amide bonds. The van der Waals surface area contributed by atoms with Gasteiger partial charge in [-0.3, -0.25) is 9.48 Å². The molecule has 0 bridgehead atoms. The predicted molar refractivity (Wildman–Crippen MR) is 77.0 cm³/mol. The van der Waals surface area contributed by atoms with E-state index in [1.54, 1.807) is 24.1 Å². The maximum absolute atomic E-state index is 13.1. The largest absolute Gasteiger partial charge is 0.419 e. The summed E-state index contributed by atoms with van der Waals surface area (Å²) in [5.41, 5.74) is -0.197. The van der Waals surface area contributed by atoms with Gasteiger partial charge in [-0.1, -0.05) is 0 Å². The van der Waals surface area contributed by atoms with E-state index in [9.17, 15) is 18.0 Å². The predicted octanol–water partition coefficient (Wildman–Crippen LogP) is 1.69. The van der Waals surface area contributed by atoms with Gasteiger partial charge in [-0.25, -0.2) is 4.98 Å². The van der Waals surface area contributed by atoms with Crippen LogP contribution in [0.25, 0.3) is 0 Å². The van der Waals surface area contributed by atoms with E-state index >= 15 is 0 Å². The molecule has 1 saturated heterocycles. The van der Waals surface area contributed by atoms with Crippen LogP contribution in [0, 0.1) is 0 Å². The normalized spacial score (nSPS) is 16.1. The number of carbonyl (C=O) groups excluding carboxylic acids is 1. The quantitative estimate of drug-likeness (QED) is 0.843. The Hall–Kier alpha value is -2.58. The summed E-state index contributed by atoms with van der Waals surface area (Å²) in [7, 11) is 1.73. The minimum atomic E-state index is -4.51. The number of anilines is 2. The van der Waals surface area contributed by atoms with Crippen LogP contribution in [0.15, 0.2) is 30.7 Å². The van der Waals surface area contributed by atoms with Crippen molar-refractivity contribution in [1.29, 1.82) is 0 Å². The first-order valence-corrected chi connectivity index (χ1v) is 6.92. The number of carbonyl (C=O) groups is 1. The van der Waals surface area contributed by atoms with Gasteiger partial charge in [0.2, 0.25) is 5.91 Å². The van der Waals surface area contributed by atoms with E-state index in [0.717, 1.165) is 6.07 Å². The van der Waals surface area contributed by atoms with Gasteiger partial charge in [0.15, 0.2) is 0 Å². The van der Waals surface area contributed by atoms with Crippen molar-refractivity contribution in [3.05, 3.63) is 36.3 Å². The molecule has 0 saturated carbocycles. The number of hydrogen-bond donors (Lipinski definition) is 0. The van der Waals surface area contributed by atoms with Gasteiger partial charge in [0, 0.05) is 32.5 Å². The second-order valence-corrected chi connectivity index (χ2v) is 5.21. The lowest BCUT2D eigenvalue weighted by atomic mass is 10.2. The Morgan fingerprint density at radius 2 is 2.04 bits per heavy atom. The molecule has 23 heavy (non-hydrogen) atoms. The van der Waals surface area contributed by atoms with E-state index in [-0.39, 0.29) is 31.4 Å². The molecule has 1 aliphatic heterocycles. The highest BCUT2D eigenvalue weighted by atomic mass is 19.4. The van der Waals surface area contributed by atoms with Crippen molar-refractivity contribution in [2.45, 2.75) is 6.18 Å². The maximum atomic E-state index is 13.1. The lowest BCUT2D eigenvalue weighted by Gasteiger charge is -2.35. The van der Waals surface area contributed by atoms with Crippen LogP contribution in [0.5, 0.6) is 0 Å². The molecule has 0 radical (unpaired) electrons. The average molecular weight is 325 g/mol. The first-order valence-electron chi connectivity index (χ1n) is 6.92. The van der Waals surface area contributed by atoms with Crippen LogP contribution in [-0.2, 0) is 18.0 Å². The molecule has 3 heterocycles. The second kappa shape index (κ2) is 5.56. The molecule has 2 aromatic rings. The number of aryl methyl sites for hydroxylation is 1.